The van der Waals surface area contributed by atoms with Gasteiger partial charge in [0.1, 0.15) is 11.3 Å². The van der Waals surface area contributed by atoms with Gasteiger partial charge in [0.25, 0.3) is 5.91 Å². The minimum atomic E-state index is -1.13. The average Bonchev–Trinajstić information content (AvgIpc) is 2.67. The summed E-state index contributed by atoms with van der Waals surface area (Å²) in [7, 11) is 1.56. The van der Waals surface area contributed by atoms with E-state index in [2.05, 4.69) is 5.32 Å². The Morgan fingerprint density at radius 1 is 1.03 bits per heavy atom. The Morgan fingerprint density at radius 3 is 2.13 bits per heavy atom. The summed E-state index contributed by atoms with van der Waals surface area (Å²) in [5.74, 6) is -0.465. The first-order chi connectivity index (χ1) is 13.9. The summed E-state index contributed by atoms with van der Waals surface area (Å²) in [5, 5.41) is 3.72. The van der Waals surface area contributed by atoms with Gasteiger partial charge < -0.3 is 15.0 Å². The summed E-state index contributed by atoms with van der Waals surface area (Å²) in [6, 6.07) is 8.66. The monoisotopic (exact) mass is 470 g/mol. The normalized spacial score (nSPS) is 12.3. The molecule has 1 unspecified atom stereocenters. The lowest BCUT2D eigenvalue weighted by atomic mass is 10.00. The third-order valence-corrected chi connectivity index (χ3v) is 6.09. The molecular formula is C22H25Cl3N2O3. The standard InChI is InChI=1S/C22H25Cl3N2O3/c1-12-8-7-9-13(2)19(12)26-21(29)22(4,5)27(6)20(28)14(3)30-18-11-16(24)15(23)10-17(18)25/h7-11,14H,1-6H3,(H,26,29). The zero-order valence-electron chi connectivity index (χ0n) is 17.8. The fraction of sp³-hybridized carbons (Fsp3) is 0.364. The van der Waals surface area contributed by atoms with E-state index in [1.165, 1.54) is 17.0 Å². The first kappa shape index (κ1) is 24.3. The summed E-state index contributed by atoms with van der Waals surface area (Å²) < 4.78 is 5.70. The van der Waals surface area contributed by atoms with Crippen molar-refractivity contribution in [1.29, 1.82) is 0 Å². The van der Waals surface area contributed by atoms with E-state index in [0.717, 1.165) is 16.8 Å². The maximum atomic E-state index is 13.0. The Hall–Kier alpha value is -1.95. The number of carbonyl (C=O) groups excluding carboxylic acids is 2. The summed E-state index contributed by atoms with van der Waals surface area (Å²) >= 11 is 18.1. The number of carbonyl (C=O) groups is 2. The van der Waals surface area contributed by atoms with Crippen molar-refractivity contribution in [2.75, 3.05) is 12.4 Å². The van der Waals surface area contributed by atoms with Crippen LogP contribution >= 0.6 is 34.8 Å². The van der Waals surface area contributed by atoms with Crippen LogP contribution in [-0.4, -0.2) is 35.4 Å². The highest BCUT2D eigenvalue weighted by molar-refractivity contribution is 6.43. The maximum absolute atomic E-state index is 13.0. The van der Waals surface area contributed by atoms with Gasteiger partial charge in [-0.1, -0.05) is 53.0 Å². The smallest absolute Gasteiger partial charge is 0.263 e. The van der Waals surface area contributed by atoms with Crippen molar-refractivity contribution in [3.63, 3.8) is 0 Å². The topological polar surface area (TPSA) is 58.6 Å². The molecule has 8 heteroatoms. The van der Waals surface area contributed by atoms with Crippen molar-refractivity contribution in [2.24, 2.45) is 0 Å². The van der Waals surface area contributed by atoms with E-state index in [1.807, 2.05) is 32.0 Å². The van der Waals surface area contributed by atoms with E-state index in [1.54, 1.807) is 27.8 Å². The zero-order valence-corrected chi connectivity index (χ0v) is 20.0. The molecule has 0 radical (unpaired) electrons. The molecule has 0 spiro atoms. The van der Waals surface area contributed by atoms with Crippen molar-refractivity contribution in [3.8, 4) is 5.75 Å². The quantitative estimate of drug-likeness (QED) is 0.533. The van der Waals surface area contributed by atoms with Gasteiger partial charge in [0, 0.05) is 18.8 Å². The molecule has 2 aromatic carbocycles. The fourth-order valence-corrected chi connectivity index (χ4v) is 3.40. The molecule has 0 fully saturated rings. The lowest BCUT2D eigenvalue weighted by Gasteiger charge is -2.36. The number of nitrogens with zero attached hydrogens (tertiary/aromatic N) is 1. The number of anilines is 1. The number of rotatable bonds is 6. The van der Waals surface area contributed by atoms with Gasteiger partial charge in [0.15, 0.2) is 6.10 Å². The molecule has 2 amide bonds. The summed E-state index contributed by atoms with van der Waals surface area (Å²) in [4.78, 5) is 27.3. The Kier molecular flexibility index (Phi) is 7.67. The first-order valence-corrected chi connectivity index (χ1v) is 10.5. The van der Waals surface area contributed by atoms with Crippen LogP contribution in [0.2, 0.25) is 15.1 Å². The Bertz CT molecular complexity index is 956. The molecule has 0 aliphatic carbocycles. The zero-order chi connectivity index (χ0) is 22.8. The van der Waals surface area contributed by atoms with E-state index in [0.29, 0.717) is 0 Å². The van der Waals surface area contributed by atoms with Crippen molar-refractivity contribution in [3.05, 3.63) is 56.5 Å². The van der Waals surface area contributed by atoms with Crippen LogP contribution in [0.4, 0.5) is 5.69 Å². The SMILES string of the molecule is Cc1cccc(C)c1NC(=O)C(C)(C)N(C)C(=O)C(C)Oc1cc(Cl)c(Cl)cc1Cl. The van der Waals surface area contributed by atoms with Crippen molar-refractivity contribution in [1.82, 2.24) is 4.90 Å². The third kappa shape index (κ3) is 5.20. The number of hydrogen-bond acceptors (Lipinski definition) is 3. The molecular weight excluding hydrogens is 447 g/mol. The summed E-state index contributed by atoms with van der Waals surface area (Å²) in [5.41, 5.74) is 1.49. The molecule has 0 saturated heterocycles. The largest absolute Gasteiger partial charge is 0.479 e. The Labute approximate surface area is 192 Å². The van der Waals surface area contributed by atoms with Crippen LogP contribution in [0.25, 0.3) is 0 Å². The second kappa shape index (κ2) is 9.46. The molecule has 0 saturated carbocycles. The van der Waals surface area contributed by atoms with E-state index in [-0.39, 0.29) is 26.7 Å². The van der Waals surface area contributed by atoms with Crippen LogP contribution in [0, 0.1) is 13.8 Å². The molecule has 0 aliphatic rings. The molecule has 0 heterocycles. The first-order valence-electron chi connectivity index (χ1n) is 9.32. The van der Waals surface area contributed by atoms with Crippen LogP contribution in [0.15, 0.2) is 30.3 Å². The minimum Gasteiger partial charge on any atom is -0.479 e. The maximum Gasteiger partial charge on any atom is 0.263 e. The molecule has 162 valence electrons. The van der Waals surface area contributed by atoms with Gasteiger partial charge in [-0.3, -0.25) is 9.59 Å². The number of ether oxygens (including phenoxy) is 1. The summed E-state index contributed by atoms with van der Waals surface area (Å²) in [6.45, 7) is 8.76. The van der Waals surface area contributed by atoms with Crippen molar-refractivity contribution in [2.45, 2.75) is 46.3 Å². The lowest BCUT2D eigenvalue weighted by molar-refractivity contribution is -0.146. The van der Waals surface area contributed by atoms with Gasteiger partial charge in [-0.2, -0.15) is 0 Å². The molecule has 2 aromatic rings. The predicted molar refractivity (Wildman–Crippen MR) is 123 cm³/mol. The second-order valence-electron chi connectivity index (χ2n) is 7.63. The van der Waals surface area contributed by atoms with E-state index < -0.39 is 17.6 Å². The Morgan fingerprint density at radius 2 is 1.57 bits per heavy atom. The molecule has 5 nitrogen and oxygen atoms in total. The highest BCUT2D eigenvalue weighted by atomic mass is 35.5. The van der Waals surface area contributed by atoms with Crippen molar-refractivity contribution < 1.29 is 14.3 Å². The number of aryl methyl sites for hydroxylation is 2. The van der Waals surface area contributed by atoms with E-state index in [9.17, 15) is 9.59 Å². The minimum absolute atomic E-state index is 0.234. The number of likely N-dealkylation sites (N-methyl/N-ethyl adjacent to an activating group) is 1. The van der Waals surface area contributed by atoms with Gasteiger partial charge >= 0.3 is 0 Å². The molecule has 0 aromatic heterocycles. The highest BCUT2D eigenvalue weighted by Gasteiger charge is 2.38. The average molecular weight is 472 g/mol. The van der Waals surface area contributed by atoms with Gasteiger partial charge in [-0.05, 0) is 51.8 Å². The van der Waals surface area contributed by atoms with Gasteiger partial charge in [-0.25, -0.2) is 0 Å². The molecule has 2 rings (SSSR count). The van der Waals surface area contributed by atoms with Crippen LogP contribution in [0.1, 0.15) is 31.9 Å². The van der Waals surface area contributed by atoms with E-state index >= 15 is 0 Å². The lowest BCUT2D eigenvalue weighted by Crippen LogP contribution is -2.56. The molecule has 0 aliphatic heterocycles. The van der Waals surface area contributed by atoms with Crippen LogP contribution in [0.5, 0.6) is 5.75 Å². The van der Waals surface area contributed by atoms with Crippen LogP contribution in [0.3, 0.4) is 0 Å². The molecule has 30 heavy (non-hydrogen) atoms. The van der Waals surface area contributed by atoms with E-state index in [4.69, 9.17) is 39.5 Å². The number of benzene rings is 2. The van der Waals surface area contributed by atoms with Gasteiger partial charge in [-0.15, -0.1) is 0 Å². The van der Waals surface area contributed by atoms with Crippen LogP contribution in [-0.2, 0) is 9.59 Å². The van der Waals surface area contributed by atoms with Gasteiger partial charge in [0.05, 0.1) is 15.1 Å². The van der Waals surface area contributed by atoms with Gasteiger partial charge in [0.2, 0.25) is 5.91 Å². The number of para-hydroxylation sites is 1. The third-order valence-electron chi connectivity index (χ3n) is 5.07. The second-order valence-corrected chi connectivity index (χ2v) is 8.86. The number of halogens is 3. The number of hydrogen-bond donors (Lipinski definition) is 1. The molecule has 1 atom stereocenters. The molecule has 0 bridgehead atoms. The number of amides is 2. The molecule has 1 N–H and O–H groups in total. The van der Waals surface area contributed by atoms with Crippen LogP contribution < -0.4 is 10.1 Å². The summed E-state index contributed by atoms with van der Waals surface area (Å²) in [6.07, 6.45) is -0.906. The Balaban J connectivity index is 2.16. The fourth-order valence-electron chi connectivity index (χ4n) is 2.81. The van der Waals surface area contributed by atoms with Crippen molar-refractivity contribution >= 4 is 52.3 Å². The highest BCUT2D eigenvalue weighted by Crippen LogP contribution is 2.34. The predicted octanol–water partition coefficient (Wildman–Crippen LogP) is 5.91. The number of nitrogens with one attached hydrogen (secondary N) is 1.